The second-order valence-electron chi connectivity index (χ2n) is 2.18. The molecule has 3 nitrogen and oxygen atoms in total. The number of fused-ring (bicyclic) bond motifs is 1. The van der Waals surface area contributed by atoms with Crippen LogP contribution in [0.5, 0.6) is 11.5 Å². The smallest absolute Gasteiger partial charge is 0.155 e. The number of rotatable bonds is 0. The molecule has 10 heavy (non-hydrogen) atoms. The van der Waals surface area contributed by atoms with Crippen molar-refractivity contribution in [3.63, 3.8) is 0 Å². The summed E-state index contributed by atoms with van der Waals surface area (Å²) in [5, 5.41) is 9.21. The van der Waals surface area contributed by atoms with Crippen LogP contribution in [0.3, 0.4) is 0 Å². The van der Waals surface area contributed by atoms with Crippen molar-refractivity contribution in [2.45, 2.75) is 6.54 Å². The Morgan fingerprint density at radius 1 is 1.50 bits per heavy atom. The first kappa shape index (κ1) is 5.56. The van der Waals surface area contributed by atoms with Crippen LogP contribution in [-0.2, 0) is 6.54 Å². The van der Waals surface area contributed by atoms with Gasteiger partial charge in [0.25, 0.3) is 0 Å². The minimum absolute atomic E-state index is 0.294. The Morgan fingerprint density at radius 2 is 2.40 bits per heavy atom. The number of phenolic OH excluding ortho intramolecular Hbond substituents is 1. The van der Waals surface area contributed by atoms with E-state index in [1.165, 1.54) is 0 Å². The second kappa shape index (κ2) is 1.88. The van der Waals surface area contributed by atoms with E-state index in [9.17, 15) is 5.11 Å². The Bertz CT molecular complexity index is 260. The van der Waals surface area contributed by atoms with Gasteiger partial charge in [0.1, 0.15) is 5.75 Å². The summed E-state index contributed by atoms with van der Waals surface area (Å²) in [5.41, 5.74) is 3.50. The molecular formula is C7H7NO2. The molecule has 2 N–H and O–H groups in total. The maximum atomic E-state index is 9.21. The zero-order chi connectivity index (χ0) is 6.97. The molecule has 0 fully saturated rings. The largest absolute Gasteiger partial charge is 0.507 e. The van der Waals surface area contributed by atoms with Crippen molar-refractivity contribution < 1.29 is 9.94 Å². The first-order chi connectivity index (χ1) is 4.88. The lowest BCUT2D eigenvalue weighted by Gasteiger charge is -1.96. The van der Waals surface area contributed by atoms with Crippen molar-refractivity contribution in [1.29, 1.82) is 0 Å². The van der Waals surface area contributed by atoms with E-state index in [0.29, 0.717) is 12.3 Å². The molecule has 0 saturated carbocycles. The first-order valence-corrected chi connectivity index (χ1v) is 3.08. The molecule has 3 heteroatoms. The standard InChI is InChI=1S/C7H7NO2/c9-6-2-1-3-7-5(6)4-8-10-7/h1-3,8-9H,4H2. The van der Waals surface area contributed by atoms with Gasteiger partial charge in [0.05, 0.1) is 12.1 Å². The Morgan fingerprint density at radius 3 is 3.20 bits per heavy atom. The van der Waals surface area contributed by atoms with Gasteiger partial charge in [-0.3, -0.25) is 0 Å². The van der Waals surface area contributed by atoms with Crippen LogP contribution in [0.1, 0.15) is 5.56 Å². The number of phenols is 1. The number of aromatic hydroxyl groups is 1. The van der Waals surface area contributed by atoms with E-state index in [1.807, 2.05) is 6.07 Å². The summed E-state index contributed by atoms with van der Waals surface area (Å²) in [4.78, 5) is 4.97. The maximum absolute atomic E-state index is 9.21. The zero-order valence-corrected chi connectivity index (χ0v) is 5.29. The quantitative estimate of drug-likeness (QED) is 0.555. The summed E-state index contributed by atoms with van der Waals surface area (Å²) in [6.45, 7) is 0.585. The van der Waals surface area contributed by atoms with Gasteiger partial charge < -0.3 is 9.94 Å². The summed E-state index contributed by atoms with van der Waals surface area (Å²) in [5.74, 6) is 1.02. The van der Waals surface area contributed by atoms with Crippen LogP contribution in [0.15, 0.2) is 18.2 Å². The molecule has 0 spiro atoms. The van der Waals surface area contributed by atoms with Crippen LogP contribution in [-0.4, -0.2) is 5.11 Å². The molecule has 2 rings (SSSR count). The molecule has 0 saturated heterocycles. The second-order valence-corrected chi connectivity index (χ2v) is 2.18. The fourth-order valence-electron chi connectivity index (χ4n) is 1.01. The average Bonchev–Trinajstić information content (AvgIpc) is 2.36. The molecule has 0 aliphatic carbocycles. The van der Waals surface area contributed by atoms with Gasteiger partial charge in [0, 0.05) is 0 Å². The lowest BCUT2D eigenvalue weighted by molar-refractivity contribution is 0.224. The van der Waals surface area contributed by atoms with Crippen LogP contribution >= 0.6 is 0 Å². The van der Waals surface area contributed by atoms with Crippen LogP contribution in [0.4, 0.5) is 0 Å². The lowest BCUT2D eigenvalue weighted by Crippen LogP contribution is -2.07. The van der Waals surface area contributed by atoms with E-state index in [2.05, 4.69) is 5.48 Å². The minimum Gasteiger partial charge on any atom is -0.507 e. The SMILES string of the molecule is Oc1cccc2c1CNO2. The molecule has 1 aromatic rings. The Labute approximate surface area is 58.2 Å². The van der Waals surface area contributed by atoms with Gasteiger partial charge >= 0.3 is 0 Å². The highest BCUT2D eigenvalue weighted by Crippen LogP contribution is 2.29. The maximum Gasteiger partial charge on any atom is 0.155 e. The van der Waals surface area contributed by atoms with Gasteiger partial charge in [-0.25, -0.2) is 0 Å². The number of benzene rings is 1. The van der Waals surface area contributed by atoms with Crippen LogP contribution in [0.2, 0.25) is 0 Å². The number of nitrogens with one attached hydrogen (secondary N) is 1. The van der Waals surface area contributed by atoms with E-state index < -0.39 is 0 Å². The highest BCUT2D eigenvalue weighted by molar-refractivity contribution is 5.45. The van der Waals surface area contributed by atoms with Crippen molar-refractivity contribution in [1.82, 2.24) is 5.48 Å². The van der Waals surface area contributed by atoms with Crippen molar-refractivity contribution in [2.75, 3.05) is 0 Å². The Balaban J connectivity index is 2.59. The third kappa shape index (κ3) is 0.642. The third-order valence-corrected chi connectivity index (χ3v) is 1.54. The van der Waals surface area contributed by atoms with Gasteiger partial charge in [-0.2, -0.15) is 5.48 Å². The summed E-state index contributed by atoms with van der Waals surface area (Å²) in [6, 6.07) is 5.21. The van der Waals surface area contributed by atoms with E-state index in [-0.39, 0.29) is 0 Å². The highest BCUT2D eigenvalue weighted by atomic mass is 16.7. The number of hydroxylamine groups is 1. The van der Waals surface area contributed by atoms with E-state index in [4.69, 9.17) is 4.84 Å². The molecule has 1 aromatic carbocycles. The van der Waals surface area contributed by atoms with Crippen molar-refractivity contribution in [3.8, 4) is 11.5 Å². The van der Waals surface area contributed by atoms with Crippen molar-refractivity contribution >= 4 is 0 Å². The summed E-state index contributed by atoms with van der Waals surface area (Å²) in [6.07, 6.45) is 0. The molecule has 52 valence electrons. The Hall–Kier alpha value is -1.22. The van der Waals surface area contributed by atoms with E-state index in [0.717, 1.165) is 11.3 Å². The predicted molar refractivity (Wildman–Crippen MR) is 35.6 cm³/mol. The van der Waals surface area contributed by atoms with Crippen LogP contribution in [0.25, 0.3) is 0 Å². The van der Waals surface area contributed by atoms with Gasteiger partial charge in [-0.05, 0) is 12.1 Å². The molecule has 1 aliphatic heterocycles. The normalized spacial score (nSPS) is 14.4. The molecule has 0 radical (unpaired) electrons. The van der Waals surface area contributed by atoms with E-state index in [1.54, 1.807) is 12.1 Å². The summed E-state index contributed by atoms with van der Waals surface area (Å²) < 4.78 is 0. The Kier molecular flexibility index (Phi) is 1.05. The molecule has 0 amide bonds. The number of hydrogen-bond acceptors (Lipinski definition) is 3. The van der Waals surface area contributed by atoms with Gasteiger partial charge in [0.2, 0.25) is 0 Å². The average molecular weight is 137 g/mol. The van der Waals surface area contributed by atoms with Gasteiger partial charge in [0.15, 0.2) is 5.75 Å². The molecule has 0 unspecified atom stereocenters. The monoisotopic (exact) mass is 137 g/mol. The van der Waals surface area contributed by atoms with Crippen LogP contribution in [0, 0.1) is 0 Å². The molecule has 0 atom stereocenters. The zero-order valence-electron chi connectivity index (χ0n) is 5.29. The van der Waals surface area contributed by atoms with Crippen LogP contribution < -0.4 is 10.3 Å². The predicted octanol–water partition coefficient (Wildman–Crippen LogP) is 0.789. The van der Waals surface area contributed by atoms with E-state index >= 15 is 0 Å². The molecular weight excluding hydrogens is 130 g/mol. The fourth-order valence-corrected chi connectivity index (χ4v) is 1.01. The van der Waals surface area contributed by atoms with Crippen molar-refractivity contribution in [3.05, 3.63) is 23.8 Å². The summed E-state index contributed by atoms with van der Waals surface area (Å²) in [7, 11) is 0. The van der Waals surface area contributed by atoms with Gasteiger partial charge in [-0.15, -0.1) is 0 Å². The third-order valence-electron chi connectivity index (χ3n) is 1.54. The van der Waals surface area contributed by atoms with Crippen molar-refractivity contribution in [2.24, 2.45) is 0 Å². The molecule has 1 heterocycles. The highest BCUT2D eigenvalue weighted by Gasteiger charge is 2.14. The fraction of sp³-hybridized carbons (Fsp3) is 0.143. The first-order valence-electron chi connectivity index (χ1n) is 3.08. The molecule has 0 aromatic heterocycles. The number of hydrogen-bond donors (Lipinski definition) is 2. The topological polar surface area (TPSA) is 41.5 Å². The van der Waals surface area contributed by atoms with Gasteiger partial charge in [-0.1, -0.05) is 6.07 Å². The summed E-state index contributed by atoms with van der Waals surface area (Å²) >= 11 is 0. The molecule has 1 aliphatic rings. The molecule has 0 bridgehead atoms. The minimum atomic E-state index is 0.294. The lowest BCUT2D eigenvalue weighted by atomic mass is 10.2.